The van der Waals surface area contributed by atoms with Crippen LogP contribution in [-0.2, 0) is 0 Å². The number of benzene rings is 3. The Balaban J connectivity index is 1.51. The third-order valence-corrected chi connectivity index (χ3v) is 4.69. The number of amides is 1. The summed E-state index contributed by atoms with van der Waals surface area (Å²) < 4.78 is 0. The molecule has 7 nitrogen and oxygen atoms in total. The Labute approximate surface area is 184 Å². The molecule has 0 aliphatic carbocycles. The van der Waals surface area contributed by atoms with Crippen molar-refractivity contribution in [3.63, 3.8) is 0 Å². The van der Waals surface area contributed by atoms with Gasteiger partial charge in [0.1, 0.15) is 11.6 Å². The Morgan fingerprint density at radius 2 is 1.53 bits per heavy atom. The summed E-state index contributed by atoms with van der Waals surface area (Å²) in [4.78, 5) is 32.6. The second-order valence-electron chi connectivity index (χ2n) is 7.09. The van der Waals surface area contributed by atoms with Crippen molar-refractivity contribution in [2.45, 2.75) is 6.92 Å². The van der Waals surface area contributed by atoms with E-state index >= 15 is 0 Å². The summed E-state index contributed by atoms with van der Waals surface area (Å²) in [6.07, 6.45) is 0. The topological polar surface area (TPSA) is 104 Å². The molecule has 3 N–H and O–H groups in total. The van der Waals surface area contributed by atoms with Crippen molar-refractivity contribution < 1.29 is 14.7 Å². The zero-order chi connectivity index (χ0) is 22.5. The van der Waals surface area contributed by atoms with Gasteiger partial charge in [0.05, 0.1) is 11.3 Å². The molecule has 1 aromatic heterocycles. The predicted octanol–water partition coefficient (Wildman–Crippen LogP) is 5.15. The lowest BCUT2D eigenvalue weighted by Gasteiger charge is -2.11. The van der Waals surface area contributed by atoms with Gasteiger partial charge in [-0.2, -0.15) is 0 Å². The van der Waals surface area contributed by atoms with E-state index in [1.54, 1.807) is 30.3 Å². The van der Waals surface area contributed by atoms with Gasteiger partial charge in [0.25, 0.3) is 5.91 Å². The molecule has 0 saturated heterocycles. The zero-order valence-corrected chi connectivity index (χ0v) is 17.2. The van der Waals surface area contributed by atoms with Crippen molar-refractivity contribution in [1.29, 1.82) is 0 Å². The van der Waals surface area contributed by atoms with Crippen LogP contribution >= 0.6 is 0 Å². The Bertz CT molecular complexity index is 1270. The van der Waals surface area contributed by atoms with Crippen molar-refractivity contribution >= 4 is 29.1 Å². The number of carbonyl (C=O) groups is 2. The Hall–Kier alpha value is -4.52. The molecule has 0 bridgehead atoms. The summed E-state index contributed by atoms with van der Waals surface area (Å²) in [7, 11) is 0. The first-order valence-corrected chi connectivity index (χ1v) is 9.91. The average molecular weight is 424 g/mol. The van der Waals surface area contributed by atoms with Crippen LogP contribution < -0.4 is 10.6 Å². The van der Waals surface area contributed by atoms with Crippen molar-refractivity contribution in [2.24, 2.45) is 0 Å². The molecule has 0 unspecified atom stereocenters. The van der Waals surface area contributed by atoms with Crippen LogP contribution in [0.2, 0.25) is 0 Å². The largest absolute Gasteiger partial charge is 0.478 e. The quantitative estimate of drug-likeness (QED) is 0.396. The molecule has 7 heteroatoms. The van der Waals surface area contributed by atoms with Crippen LogP contribution in [0, 0.1) is 6.92 Å². The van der Waals surface area contributed by atoms with E-state index in [9.17, 15) is 9.59 Å². The van der Waals surface area contributed by atoms with Gasteiger partial charge in [-0.1, -0.05) is 36.4 Å². The van der Waals surface area contributed by atoms with Crippen LogP contribution in [0.3, 0.4) is 0 Å². The van der Waals surface area contributed by atoms with E-state index in [4.69, 9.17) is 5.11 Å². The summed E-state index contributed by atoms with van der Waals surface area (Å²) in [5.41, 5.74) is 3.62. The molecular formula is C25H20N4O3. The van der Waals surface area contributed by atoms with Crippen LogP contribution in [0.5, 0.6) is 0 Å². The third-order valence-electron chi connectivity index (χ3n) is 4.69. The molecule has 0 aliphatic rings. The zero-order valence-electron chi connectivity index (χ0n) is 17.2. The molecule has 3 aromatic carbocycles. The molecule has 4 rings (SSSR count). The van der Waals surface area contributed by atoms with E-state index < -0.39 is 5.97 Å². The number of aryl methyl sites for hydroxylation is 1. The van der Waals surface area contributed by atoms with E-state index in [2.05, 4.69) is 20.6 Å². The van der Waals surface area contributed by atoms with Gasteiger partial charge >= 0.3 is 5.97 Å². The molecule has 0 saturated carbocycles. The highest BCUT2D eigenvalue weighted by Crippen LogP contribution is 2.23. The molecule has 32 heavy (non-hydrogen) atoms. The number of anilines is 3. The Morgan fingerprint density at radius 1 is 0.781 bits per heavy atom. The fourth-order valence-corrected chi connectivity index (χ4v) is 3.17. The van der Waals surface area contributed by atoms with Gasteiger partial charge in [0.15, 0.2) is 0 Å². The maximum atomic E-state index is 12.6. The van der Waals surface area contributed by atoms with Crippen molar-refractivity contribution in [2.75, 3.05) is 10.6 Å². The summed E-state index contributed by atoms with van der Waals surface area (Å²) in [5, 5.41) is 15.0. The number of aromatic nitrogens is 2. The number of aromatic carboxylic acids is 1. The minimum atomic E-state index is -1.02. The number of nitrogens with one attached hydrogen (secondary N) is 2. The lowest BCUT2D eigenvalue weighted by atomic mass is 10.1. The summed E-state index contributed by atoms with van der Waals surface area (Å²) >= 11 is 0. The van der Waals surface area contributed by atoms with E-state index in [1.165, 1.54) is 12.1 Å². The lowest BCUT2D eigenvalue weighted by molar-refractivity contribution is 0.0696. The Morgan fingerprint density at radius 3 is 2.25 bits per heavy atom. The standard InChI is InChI=1S/C25H20N4O3/c1-16-26-22(17-6-3-2-4-7-17)15-23(27-16)28-21-9-5-8-19(14-21)24(30)29-20-12-10-18(11-13-20)25(31)32/h2-15H,1H3,(H,29,30)(H,31,32)(H,26,27,28). The molecular weight excluding hydrogens is 404 g/mol. The number of carboxylic acids is 1. The molecule has 0 radical (unpaired) electrons. The highest BCUT2D eigenvalue weighted by molar-refractivity contribution is 6.05. The van der Waals surface area contributed by atoms with E-state index in [0.29, 0.717) is 28.6 Å². The second kappa shape index (κ2) is 9.09. The first-order valence-electron chi connectivity index (χ1n) is 9.91. The number of hydrogen-bond acceptors (Lipinski definition) is 5. The van der Waals surface area contributed by atoms with Crippen LogP contribution in [0.25, 0.3) is 11.3 Å². The number of rotatable bonds is 6. The fraction of sp³-hybridized carbons (Fsp3) is 0.0400. The van der Waals surface area contributed by atoms with Gasteiger partial charge < -0.3 is 15.7 Å². The number of carboxylic acid groups (broad SMARTS) is 1. The molecule has 0 fully saturated rings. The highest BCUT2D eigenvalue weighted by atomic mass is 16.4. The van der Waals surface area contributed by atoms with Crippen molar-refractivity contribution in [3.8, 4) is 11.3 Å². The van der Waals surface area contributed by atoms with Gasteiger partial charge in [-0.15, -0.1) is 0 Å². The second-order valence-corrected chi connectivity index (χ2v) is 7.09. The summed E-state index contributed by atoms with van der Waals surface area (Å²) in [5.74, 6) is -0.0664. The lowest BCUT2D eigenvalue weighted by Crippen LogP contribution is -2.12. The minimum Gasteiger partial charge on any atom is -0.478 e. The molecule has 0 atom stereocenters. The van der Waals surface area contributed by atoms with E-state index in [0.717, 1.165) is 11.3 Å². The van der Waals surface area contributed by atoms with E-state index in [1.807, 2.05) is 49.4 Å². The van der Waals surface area contributed by atoms with Gasteiger partial charge in [-0.3, -0.25) is 4.79 Å². The molecule has 1 heterocycles. The number of nitrogens with zero attached hydrogens (tertiary/aromatic N) is 2. The summed E-state index contributed by atoms with van der Waals surface area (Å²) in [6, 6.07) is 24.7. The maximum Gasteiger partial charge on any atom is 0.335 e. The average Bonchev–Trinajstić information content (AvgIpc) is 2.80. The molecule has 1 amide bonds. The van der Waals surface area contributed by atoms with E-state index in [-0.39, 0.29) is 11.5 Å². The monoisotopic (exact) mass is 424 g/mol. The highest BCUT2D eigenvalue weighted by Gasteiger charge is 2.10. The van der Waals surface area contributed by atoms with Crippen LogP contribution in [0.1, 0.15) is 26.5 Å². The first-order chi connectivity index (χ1) is 15.5. The molecule has 0 spiro atoms. The molecule has 0 aliphatic heterocycles. The van der Waals surface area contributed by atoms with Gasteiger partial charge in [0.2, 0.25) is 0 Å². The van der Waals surface area contributed by atoms with Gasteiger partial charge in [0, 0.05) is 28.6 Å². The normalized spacial score (nSPS) is 10.4. The minimum absolute atomic E-state index is 0.157. The fourth-order valence-electron chi connectivity index (χ4n) is 3.17. The maximum absolute atomic E-state index is 12.6. The smallest absolute Gasteiger partial charge is 0.335 e. The van der Waals surface area contributed by atoms with Crippen molar-refractivity contribution in [1.82, 2.24) is 9.97 Å². The predicted molar refractivity (Wildman–Crippen MR) is 123 cm³/mol. The van der Waals surface area contributed by atoms with Crippen LogP contribution in [0.15, 0.2) is 84.9 Å². The van der Waals surface area contributed by atoms with Gasteiger partial charge in [-0.25, -0.2) is 14.8 Å². The van der Waals surface area contributed by atoms with Crippen LogP contribution in [0.4, 0.5) is 17.2 Å². The van der Waals surface area contributed by atoms with Crippen molar-refractivity contribution in [3.05, 3.63) is 102 Å². The Kier molecular flexibility index (Phi) is 5.89. The number of carbonyl (C=O) groups excluding carboxylic acids is 1. The first kappa shape index (κ1) is 20.7. The number of hydrogen-bond donors (Lipinski definition) is 3. The SMILES string of the molecule is Cc1nc(Nc2cccc(C(=O)Nc3ccc(C(=O)O)cc3)c2)cc(-c2ccccc2)n1. The summed E-state index contributed by atoms with van der Waals surface area (Å²) in [6.45, 7) is 1.83. The molecule has 158 valence electrons. The molecule has 4 aromatic rings. The third kappa shape index (κ3) is 4.96. The van der Waals surface area contributed by atoms with Crippen LogP contribution in [-0.4, -0.2) is 27.0 Å². The van der Waals surface area contributed by atoms with Gasteiger partial charge in [-0.05, 0) is 49.4 Å².